The van der Waals surface area contributed by atoms with E-state index in [1.54, 1.807) is 0 Å². The lowest BCUT2D eigenvalue weighted by molar-refractivity contribution is -0.297. The highest BCUT2D eigenvalue weighted by Crippen LogP contribution is 2.24. The van der Waals surface area contributed by atoms with Crippen molar-refractivity contribution >= 4 is 22.1 Å². The summed E-state index contributed by atoms with van der Waals surface area (Å²) in [5.41, 5.74) is 0. The molecule has 6 unspecified atom stereocenters. The molecule has 1 aliphatic heterocycles. The van der Waals surface area contributed by atoms with E-state index in [4.69, 9.17) is 18.9 Å². The lowest BCUT2D eigenvalue weighted by Crippen LogP contribution is -2.60. The topological polar surface area (TPSA) is 186 Å². The fraction of sp³-hybridized carbons (Fsp3) is 0.837. The van der Waals surface area contributed by atoms with E-state index < -0.39 is 71.2 Å². The number of allylic oxidation sites excluding steroid dienone is 6. The van der Waals surface area contributed by atoms with Crippen LogP contribution in [0.2, 0.25) is 0 Å². The van der Waals surface area contributed by atoms with Crippen molar-refractivity contribution in [1.29, 1.82) is 0 Å². The second-order valence-corrected chi connectivity index (χ2v) is 18.6. The molecule has 4 N–H and O–H groups in total. The lowest BCUT2D eigenvalue weighted by Gasteiger charge is -2.40. The standard InChI is InChI=1S/C49H88O12S/c1-3-5-7-9-11-13-15-17-19-21-22-24-25-27-29-31-33-35-37-44(50)58-39-42(40-59-49-48(54)47(53)46(52)43(61-49)41-62(55,56)57)60-45(51)38-36-34-32-30-28-26-23-20-18-16-14-12-10-8-6-4-2/h14,16,19-21,23,42-43,46-49,52-54H,3-13,15,17-18,22,24-41H2,1-2H3,(H,55,56,57)/b16-14-,21-19-,23-20-. The van der Waals surface area contributed by atoms with Gasteiger partial charge in [0.05, 0.1) is 6.61 Å². The number of rotatable bonds is 41. The number of hydrogen-bond donors (Lipinski definition) is 4. The van der Waals surface area contributed by atoms with E-state index >= 15 is 0 Å². The predicted octanol–water partition coefficient (Wildman–Crippen LogP) is 10.6. The van der Waals surface area contributed by atoms with Crippen LogP contribution in [0.4, 0.5) is 0 Å². The molecule has 0 aromatic carbocycles. The Morgan fingerprint density at radius 3 is 1.45 bits per heavy atom. The van der Waals surface area contributed by atoms with Crippen molar-refractivity contribution in [2.75, 3.05) is 19.0 Å². The van der Waals surface area contributed by atoms with Gasteiger partial charge in [0, 0.05) is 12.8 Å². The van der Waals surface area contributed by atoms with Gasteiger partial charge >= 0.3 is 11.9 Å². The Balaban J connectivity index is 2.42. The van der Waals surface area contributed by atoms with Crippen LogP contribution in [0.5, 0.6) is 0 Å². The summed E-state index contributed by atoms with van der Waals surface area (Å²) in [5.74, 6) is -2.00. The molecular weight excluding hydrogens is 813 g/mol. The molecule has 1 aliphatic rings. The van der Waals surface area contributed by atoms with Crippen molar-refractivity contribution in [1.82, 2.24) is 0 Å². The molecule has 1 heterocycles. The largest absolute Gasteiger partial charge is 0.462 e. The minimum absolute atomic E-state index is 0.148. The molecule has 0 saturated carbocycles. The van der Waals surface area contributed by atoms with Gasteiger partial charge in [-0.2, -0.15) is 8.42 Å². The first-order valence-corrected chi connectivity index (χ1v) is 26.2. The van der Waals surface area contributed by atoms with Crippen molar-refractivity contribution < 1.29 is 56.8 Å². The smallest absolute Gasteiger partial charge is 0.306 e. The minimum Gasteiger partial charge on any atom is -0.462 e. The van der Waals surface area contributed by atoms with Crippen LogP contribution >= 0.6 is 0 Å². The van der Waals surface area contributed by atoms with Gasteiger partial charge in [0.15, 0.2) is 12.4 Å². The van der Waals surface area contributed by atoms with E-state index in [2.05, 4.69) is 50.3 Å². The summed E-state index contributed by atoms with van der Waals surface area (Å²) < 4.78 is 54.1. The summed E-state index contributed by atoms with van der Waals surface area (Å²) in [6.07, 6.45) is 36.1. The summed E-state index contributed by atoms with van der Waals surface area (Å²) in [5, 5.41) is 30.9. The Hall–Kier alpha value is -2.13. The van der Waals surface area contributed by atoms with Gasteiger partial charge < -0.3 is 34.3 Å². The molecule has 12 nitrogen and oxygen atoms in total. The Morgan fingerprint density at radius 2 is 0.968 bits per heavy atom. The Morgan fingerprint density at radius 1 is 0.548 bits per heavy atom. The first kappa shape index (κ1) is 57.9. The van der Waals surface area contributed by atoms with E-state index in [1.807, 2.05) is 0 Å². The van der Waals surface area contributed by atoms with Crippen LogP contribution < -0.4 is 0 Å². The maximum absolute atomic E-state index is 12.8. The van der Waals surface area contributed by atoms with E-state index in [0.29, 0.717) is 12.8 Å². The summed E-state index contributed by atoms with van der Waals surface area (Å²) in [6, 6.07) is 0. The molecule has 0 bridgehead atoms. The molecule has 62 heavy (non-hydrogen) atoms. The number of carbonyl (C=O) groups is 2. The van der Waals surface area contributed by atoms with Crippen LogP contribution in [0, 0.1) is 0 Å². The molecule has 0 radical (unpaired) electrons. The number of aliphatic hydroxyl groups is 3. The first-order valence-electron chi connectivity index (χ1n) is 24.5. The third kappa shape index (κ3) is 33.4. The van der Waals surface area contributed by atoms with Crippen LogP contribution in [0.25, 0.3) is 0 Å². The zero-order valence-electron chi connectivity index (χ0n) is 38.7. The van der Waals surface area contributed by atoms with Gasteiger partial charge in [-0.05, 0) is 70.6 Å². The summed E-state index contributed by atoms with van der Waals surface area (Å²) in [7, 11) is -4.61. The van der Waals surface area contributed by atoms with Crippen LogP contribution in [0.1, 0.15) is 206 Å². The van der Waals surface area contributed by atoms with Gasteiger partial charge in [-0.25, -0.2) is 0 Å². The van der Waals surface area contributed by atoms with Gasteiger partial charge in [-0.1, -0.05) is 159 Å². The Labute approximate surface area is 376 Å². The molecule has 6 atom stereocenters. The average molecular weight is 901 g/mol. The summed E-state index contributed by atoms with van der Waals surface area (Å²) in [4.78, 5) is 25.5. The van der Waals surface area contributed by atoms with Gasteiger partial charge in [-0.15, -0.1) is 0 Å². The molecule has 0 aliphatic carbocycles. The fourth-order valence-corrected chi connectivity index (χ4v) is 8.04. The Kier molecular flexibility index (Phi) is 36.6. The number of carbonyl (C=O) groups excluding carboxylic acids is 2. The lowest BCUT2D eigenvalue weighted by atomic mass is 10.00. The monoisotopic (exact) mass is 901 g/mol. The Bertz CT molecular complexity index is 1290. The highest BCUT2D eigenvalue weighted by molar-refractivity contribution is 7.85. The van der Waals surface area contributed by atoms with Gasteiger partial charge in [0.25, 0.3) is 10.1 Å². The molecular formula is C49H88O12S. The molecule has 0 aromatic rings. The molecule has 362 valence electrons. The minimum atomic E-state index is -4.61. The zero-order valence-corrected chi connectivity index (χ0v) is 39.5. The summed E-state index contributed by atoms with van der Waals surface area (Å²) >= 11 is 0. The number of ether oxygens (including phenoxy) is 4. The molecule has 1 fully saturated rings. The second kappa shape index (κ2) is 39.3. The highest BCUT2D eigenvalue weighted by atomic mass is 32.2. The SMILES string of the molecule is CCCCCC/C=C\C/C=C\CCCCCCCC(=O)OC(COC(=O)CCCCCCCCC/C=C\CCCCCCCCC)COC1OC(CS(=O)(=O)O)C(O)C(O)C1O. The molecule has 1 rings (SSSR count). The number of hydrogen-bond acceptors (Lipinski definition) is 11. The van der Waals surface area contributed by atoms with Crippen LogP contribution in [-0.2, 0) is 38.7 Å². The van der Waals surface area contributed by atoms with E-state index in [1.165, 1.54) is 96.3 Å². The predicted molar refractivity (Wildman–Crippen MR) is 247 cm³/mol. The third-order valence-electron chi connectivity index (χ3n) is 11.2. The van der Waals surface area contributed by atoms with Gasteiger partial charge in [0.2, 0.25) is 0 Å². The zero-order chi connectivity index (χ0) is 45.5. The maximum Gasteiger partial charge on any atom is 0.306 e. The van der Waals surface area contributed by atoms with E-state index in [-0.39, 0.29) is 19.4 Å². The fourth-order valence-electron chi connectivity index (χ4n) is 7.35. The van der Waals surface area contributed by atoms with E-state index in [9.17, 15) is 37.9 Å². The number of unbranched alkanes of at least 4 members (excludes halogenated alkanes) is 23. The van der Waals surface area contributed by atoms with Crippen molar-refractivity contribution in [2.24, 2.45) is 0 Å². The van der Waals surface area contributed by atoms with Gasteiger partial charge in [-0.3, -0.25) is 14.1 Å². The van der Waals surface area contributed by atoms with Crippen LogP contribution in [0.3, 0.4) is 0 Å². The average Bonchev–Trinajstić information content (AvgIpc) is 3.24. The molecule has 1 saturated heterocycles. The van der Waals surface area contributed by atoms with Crippen molar-refractivity contribution in [3.63, 3.8) is 0 Å². The first-order chi connectivity index (χ1) is 30.0. The summed E-state index contributed by atoms with van der Waals surface area (Å²) in [6.45, 7) is 3.74. The normalized spacial score (nSPS) is 20.1. The molecule has 0 spiro atoms. The second-order valence-electron chi connectivity index (χ2n) is 17.1. The number of esters is 2. The van der Waals surface area contributed by atoms with Gasteiger partial charge in [0.1, 0.15) is 36.8 Å². The number of aliphatic hydroxyl groups excluding tert-OH is 3. The quantitative estimate of drug-likeness (QED) is 0.0197. The van der Waals surface area contributed by atoms with Crippen LogP contribution in [0.15, 0.2) is 36.5 Å². The molecule has 0 aromatic heterocycles. The van der Waals surface area contributed by atoms with E-state index in [0.717, 1.165) is 70.6 Å². The maximum atomic E-state index is 12.8. The van der Waals surface area contributed by atoms with Crippen molar-refractivity contribution in [3.05, 3.63) is 36.5 Å². The van der Waals surface area contributed by atoms with Crippen LogP contribution in [-0.4, -0.2) is 96.0 Å². The molecule has 13 heteroatoms. The highest BCUT2D eigenvalue weighted by Gasteiger charge is 2.46. The van der Waals surface area contributed by atoms with Crippen molar-refractivity contribution in [2.45, 2.75) is 243 Å². The third-order valence-corrected chi connectivity index (χ3v) is 11.9. The molecule has 0 amide bonds. The van der Waals surface area contributed by atoms with Crippen molar-refractivity contribution in [3.8, 4) is 0 Å².